The minimum Gasteiger partial charge on any atom is -0.490 e. The highest BCUT2D eigenvalue weighted by Gasteiger charge is 2.17. The van der Waals surface area contributed by atoms with Crippen LogP contribution in [-0.4, -0.2) is 38.1 Å². The monoisotopic (exact) mass is 344 g/mol. The number of ether oxygens (including phenoxy) is 1. The molecule has 3 rings (SSSR count). The van der Waals surface area contributed by atoms with Gasteiger partial charge in [-0.05, 0) is 43.9 Å². The molecule has 1 amide bonds. The number of amides is 1. The van der Waals surface area contributed by atoms with E-state index in [9.17, 15) is 9.59 Å². The van der Waals surface area contributed by atoms with E-state index < -0.39 is 5.97 Å². The fourth-order valence-corrected chi connectivity index (χ4v) is 2.82. The number of carboxylic acids is 1. The number of nitrogens with one attached hydrogen (secondary N) is 1. The number of rotatable bonds is 7. The highest BCUT2D eigenvalue weighted by molar-refractivity contribution is 5.94. The van der Waals surface area contributed by atoms with Gasteiger partial charge in [-0.3, -0.25) is 9.59 Å². The Kier molecular flexibility index (Phi) is 5.27. The van der Waals surface area contributed by atoms with Crippen LogP contribution in [0.4, 0.5) is 0 Å². The van der Waals surface area contributed by atoms with Gasteiger partial charge in [-0.15, -0.1) is 5.10 Å². The van der Waals surface area contributed by atoms with Crippen molar-refractivity contribution in [1.29, 1.82) is 0 Å². The summed E-state index contributed by atoms with van der Waals surface area (Å²) in [6, 6.07) is 7.10. The molecule has 25 heavy (non-hydrogen) atoms. The van der Waals surface area contributed by atoms with E-state index in [0.29, 0.717) is 17.0 Å². The summed E-state index contributed by atoms with van der Waals surface area (Å²) in [4.78, 5) is 22.9. The SMILES string of the molecule is O=C(O)Cn1cc(CNC(=O)c2cccc(OC3CCCC3)c2)nn1. The number of aliphatic carboxylic acids is 1. The Hall–Kier alpha value is -2.90. The summed E-state index contributed by atoms with van der Waals surface area (Å²) in [7, 11) is 0. The summed E-state index contributed by atoms with van der Waals surface area (Å²) < 4.78 is 7.12. The van der Waals surface area contributed by atoms with Crippen LogP contribution in [0.2, 0.25) is 0 Å². The standard InChI is InChI=1S/C17H20N4O4/c22-16(23)11-21-10-13(19-20-21)9-18-17(24)12-4-3-7-15(8-12)25-14-5-1-2-6-14/h3-4,7-8,10,14H,1-2,5-6,9,11H2,(H,18,24)(H,22,23). The Balaban J connectivity index is 1.55. The van der Waals surface area contributed by atoms with Gasteiger partial charge in [0.2, 0.25) is 0 Å². The van der Waals surface area contributed by atoms with Gasteiger partial charge >= 0.3 is 5.97 Å². The molecule has 0 bridgehead atoms. The lowest BCUT2D eigenvalue weighted by molar-refractivity contribution is -0.137. The molecule has 2 N–H and O–H groups in total. The zero-order valence-corrected chi connectivity index (χ0v) is 13.7. The summed E-state index contributed by atoms with van der Waals surface area (Å²) in [5.74, 6) is -0.545. The van der Waals surface area contributed by atoms with Crippen LogP contribution >= 0.6 is 0 Å². The summed E-state index contributed by atoms with van der Waals surface area (Å²) in [5.41, 5.74) is 1.00. The molecule has 8 nitrogen and oxygen atoms in total. The Morgan fingerprint density at radius 1 is 1.32 bits per heavy atom. The van der Waals surface area contributed by atoms with Gasteiger partial charge in [-0.1, -0.05) is 11.3 Å². The Bertz CT molecular complexity index is 753. The quantitative estimate of drug-likeness (QED) is 0.790. The molecule has 0 saturated heterocycles. The van der Waals surface area contributed by atoms with Crippen molar-refractivity contribution in [2.75, 3.05) is 0 Å². The van der Waals surface area contributed by atoms with Crippen LogP contribution in [0.15, 0.2) is 30.5 Å². The highest BCUT2D eigenvalue weighted by Crippen LogP contribution is 2.24. The molecule has 0 unspecified atom stereocenters. The number of hydrogen-bond acceptors (Lipinski definition) is 5. The first-order chi connectivity index (χ1) is 12.1. The predicted octanol–water partition coefficient (Wildman–Crippen LogP) is 1.61. The first kappa shape index (κ1) is 16.9. The normalized spacial score (nSPS) is 14.4. The fraction of sp³-hybridized carbons (Fsp3) is 0.412. The predicted molar refractivity (Wildman–Crippen MR) is 88.2 cm³/mol. The summed E-state index contributed by atoms with van der Waals surface area (Å²) in [6.07, 6.45) is 6.22. The lowest BCUT2D eigenvalue weighted by Gasteiger charge is -2.13. The molecule has 0 aliphatic heterocycles. The van der Waals surface area contributed by atoms with Crippen molar-refractivity contribution in [2.45, 2.75) is 44.9 Å². The molecule has 0 radical (unpaired) electrons. The van der Waals surface area contributed by atoms with Crippen molar-refractivity contribution in [1.82, 2.24) is 20.3 Å². The highest BCUT2D eigenvalue weighted by atomic mass is 16.5. The van der Waals surface area contributed by atoms with Crippen LogP contribution in [0.5, 0.6) is 5.75 Å². The van der Waals surface area contributed by atoms with Gasteiger partial charge in [-0.25, -0.2) is 4.68 Å². The van der Waals surface area contributed by atoms with E-state index in [2.05, 4.69) is 15.6 Å². The van der Waals surface area contributed by atoms with E-state index in [4.69, 9.17) is 9.84 Å². The molecule has 1 aliphatic carbocycles. The summed E-state index contributed by atoms with van der Waals surface area (Å²) in [5, 5.41) is 19.0. The first-order valence-electron chi connectivity index (χ1n) is 8.26. The van der Waals surface area contributed by atoms with Crippen molar-refractivity contribution < 1.29 is 19.4 Å². The van der Waals surface area contributed by atoms with Gasteiger partial charge in [0.1, 0.15) is 18.0 Å². The number of carbonyl (C=O) groups excluding carboxylic acids is 1. The van der Waals surface area contributed by atoms with Gasteiger partial charge in [-0.2, -0.15) is 0 Å². The van der Waals surface area contributed by atoms with Gasteiger partial charge < -0.3 is 15.2 Å². The minimum atomic E-state index is -1.00. The van der Waals surface area contributed by atoms with Crippen LogP contribution < -0.4 is 10.1 Å². The molecule has 132 valence electrons. The third-order valence-corrected chi connectivity index (χ3v) is 4.01. The maximum atomic E-state index is 12.3. The third kappa shape index (κ3) is 4.79. The molecule has 1 heterocycles. The van der Waals surface area contributed by atoms with Crippen LogP contribution in [0, 0.1) is 0 Å². The van der Waals surface area contributed by atoms with E-state index in [0.717, 1.165) is 12.8 Å². The lowest BCUT2D eigenvalue weighted by atomic mass is 10.2. The topological polar surface area (TPSA) is 106 Å². The van der Waals surface area contributed by atoms with E-state index in [1.165, 1.54) is 23.7 Å². The van der Waals surface area contributed by atoms with Crippen molar-refractivity contribution in [3.63, 3.8) is 0 Å². The molecule has 2 aromatic rings. The van der Waals surface area contributed by atoms with Gasteiger partial charge in [0, 0.05) is 5.56 Å². The maximum absolute atomic E-state index is 12.3. The average Bonchev–Trinajstić information content (AvgIpc) is 3.24. The number of carbonyl (C=O) groups is 2. The molecular formula is C17H20N4O4. The molecule has 8 heteroatoms. The zero-order chi connectivity index (χ0) is 17.6. The second kappa shape index (κ2) is 7.78. The fourth-order valence-electron chi connectivity index (χ4n) is 2.82. The van der Waals surface area contributed by atoms with Gasteiger partial charge in [0.05, 0.1) is 18.8 Å². The summed E-state index contributed by atoms with van der Waals surface area (Å²) >= 11 is 0. The zero-order valence-electron chi connectivity index (χ0n) is 13.7. The number of aromatic nitrogens is 3. The molecule has 0 spiro atoms. The summed E-state index contributed by atoms with van der Waals surface area (Å²) in [6.45, 7) is -0.0896. The van der Waals surface area contributed by atoms with Crippen LogP contribution in [0.3, 0.4) is 0 Å². The molecule has 1 saturated carbocycles. The van der Waals surface area contributed by atoms with Crippen LogP contribution in [0.25, 0.3) is 0 Å². The molecule has 1 aromatic heterocycles. The third-order valence-electron chi connectivity index (χ3n) is 4.01. The first-order valence-corrected chi connectivity index (χ1v) is 8.26. The average molecular weight is 344 g/mol. The number of nitrogens with zero attached hydrogens (tertiary/aromatic N) is 3. The van der Waals surface area contributed by atoms with Gasteiger partial charge in [0.25, 0.3) is 5.91 Å². The molecule has 1 fully saturated rings. The van der Waals surface area contributed by atoms with E-state index in [1.54, 1.807) is 18.2 Å². The smallest absolute Gasteiger partial charge is 0.325 e. The number of benzene rings is 1. The van der Waals surface area contributed by atoms with Crippen molar-refractivity contribution in [3.8, 4) is 5.75 Å². The van der Waals surface area contributed by atoms with Crippen molar-refractivity contribution in [2.24, 2.45) is 0 Å². The largest absolute Gasteiger partial charge is 0.490 e. The van der Waals surface area contributed by atoms with E-state index in [-0.39, 0.29) is 25.1 Å². The second-order valence-electron chi connectivity index (χ2n) is 6.04. The molecular weight excluding hydrogens is 324 g/mol. The van der Waals surface area contributed by atoms with E-state index in [1.807, 2.05) is 6.07 Å². The maximum Gasteiger partial charge on any atom is 0.325 e. The minimum absolute atomic E-state index is 0.173. The van der Waals surface area contributed by atoms with Crippen molar-refractivity contribution >= 4 is 11.9 Å². The van der Waals surface area contributed by atoms with Crippen LogP contribution in [-0.2, 0) is 17.9 Å². The van der Waals surface area contributed by atoms with Crippen LogP contribution in [0.1, 0.15) is 41.7 Å². The Morgan fingerprint density at radius 2 is 2.12 bits per heavy atom. The van der Waals surface area contributed by atoms with Crippen molar-refractivity contribution in [3.05, 3.63) is 41.7 Å². The van der Waals surface area contributed by atoms with Gasteiger partial charge in [0.15, 0.2) is 0 Å². The second-order valence-corrected chi connectivity index (χ2v) is 6.04. The lowest BCUT2D eigenvalue weighted by Crippen LogP contribution is -2.23. The molecule has 1 aliphatic rings. The number of carboxylic acid groups (broad SMARTS) is 1. The number of hydrogen-bond donors (Lipinski definition) is 2. The van der Waals surface area contributed by atoms with E-state index >= 15 is 0 Å². The Labute approximate surface area is 144 Å². The Morgan fingerprint density at radius 3 is 2.88 bits per heavy atom. The molecule has 0 atom stereocenters. The molecule has 1 aromatic carbocycles.